The van der Waals surface area contributed by atoms with Crippen molar-refractivity contribution in [2.24, 2.45) is 5.92 Å². The number of para-hydroxylation sites is 1. The molecule has 0 spiro atoms. The molecule has 0 bridgehead atoms. The van der Waals surface area contributed by atoms with Crippen molar-refractivity contribution in [3.8, 4) is 10.6 Å². The molecule has 1 aliphatic rings. The number of nitrogens with zero attached hydrogens (tertiary/aromatic N) is 3. The SMILES string of the molecule is CC1(Nc2nc(NCCO)nc(Cl)c2-c2nc3ccccc3s2)CC(CO)CC1=O. The lowest BCUT2D eigenvalue weighted by atomic mass is 9.97. The van der Waals surface area contributed by atoms with E-state index in [1.54, 1.807) is 0 Å². The number of hydrogen-bond donors (Lipinski definition) is 4. The smallest absolute Gasteiger partial charge is 0.226 e. The highest BCUT2D eigenvalue weighted by molar-refractivity contribution is 7.21. The first-order chi connectivity index (χ1) is 14.4. The van der Waals surface area contributed by atoms with Gasteiger partial charge < -0.3 is 20.8 Å². The zero-order valence-electron chi connectivity index (χ0n) is 16.4. The lowest BCUT2D eigenvalue weighted by Crippen LogP contribution is -2.39. The van der Waals surface area contributed by atoms with Crippen LogP contribution in [0.2, 0.25) is 5.15 Å². The summed E-state index contributed by atoms with van der Waals surface area (Å²) >= 11 is 8.01. The Morgan fingerprint density at radius 1 is 1.27 bits per heavy atom. The Morgan fingerprint density at radius 2 is 2.07 bits per heavy atom. The molecule has 4 N–H and O–H groups in total. The number of nitrogens with one attached hydrogen (secondary N) is 2. The molecule has 10 heteroatoms. The molecule has 0 saturated heterocycles. The Bertz CT molecular complexity index is 1060. The second kappa shape index (κ2) is 8.43. The Morgan fingerprint density at radius 3 is 2.77 bits per heavy atom. The van der Waals surface area contributed by atoms with Crippen LogP contribution in [0.5, 0.6) is 0 Å². The van der Waals surface area contributed by atoms with Crippen molar-refractivity contribution in [2.75, 3.05) is 30.4 Å². The first-order valence-corrected chi connectivity index (χ1v) is 10.8. The van der Waals surface area contributed by atoms with Crippen molar-refractivity contribution in [3.63, 3.8) is 0 Å². The van der Waals surface area contributed by atoms with Crippen molar-refractivity contribution in [3.05, 3.63) is 29.4 Å². The third-order valence-corrected chi connectivity index (χ3v) is 6.53. The fraction of sp³-hybridized carbons (Fsp3) is 0.400. The van der Waals surface area contributed by atoms with Gasteiger partial charge in [0.15, 0.2) is 5.78 Å². The van der Waals surface area contributed by atoms with E-state index in [0.29, 0.717) is 29.2 Å². The molecule has 0 radical (unpaired) electrons. The molecule has 3 aromatic rings. The topological polar surface area (TPSA) is 120 Å². The van der Waals surface area contributed by atoms with E-state index in [1.807, 2.05) is 31.2 Å². The molecule has 1 saturated carbocycles. The number of thiazole rings is 1. The second-order valence-corrected chi connectivity index (χ2v) is 8.92. The van der Waals surface area contributed by atoms with Gasteiger partial charge >= 0.3 is 0 Å². The summed E-state index contributed by atoms with van der Waals surface area (Å²) < 4.78 is 1.00. The second-order valence-electron chi connectivity index (χ2n) is 7.54. The molecule has 30 heavy (non-hydrogen) atoms. The molecule has 0 aliphatic heterocycles. The highest BCUT2D eigenvalue weighted by Gasteiger charge is 2.43. The van der Waals surface area contributed by atoms with Crippen LogP contribution in [-0.2, 0) is 4.79 Å². The van der Waals surface area contributed by atoms with Crippen molar-refractivity contribution in [1.29, 1.82) is 0 Å². The average Bonchev–Trinajstić information content (AvgIpc) is 3.26. The van der Waals surface area contributed by atoms with Crippen LogP contribution >= 0.6 is 22.9 Å². The van der Waals surface area contributed by atoms with Crippen LogP contribution in [0.1, 0.15) is 19.8 Å². The van der Waals surface area contributed by atoms with Crippen molar-refractivity contribution in [2.45, 2.75) is 25.3 Å². The molecule has 1 aromatic carbocycles. The van der Waals surface area contributed by atoms with Gasteiger partial charge in [0.05, 0.1) is 27.9 Å². The van der Waals surface area contributed by atoms with Gasteiger partial charge in [-0.25, -0.2) is 9.97 Å². The monoisotopic (exact) mass is 447 g/mol. The van der Waals surface area contributed by atoms with Crippen LogP contribution < -0.4 is 10.6 Å². The Labute approximate surface area is 182 Å². The van der Waals surface area contributed by atoms with Crippen molar-refractivity contribution >= 4 is 50.7 Å². The van der Waals surface area contributed by atoms with Gasteiger partial charge in [-0.05, 0) is 31.4 Å². The van der Waals surface area contributed by atoms with E-state index in [2.05, 4.69) is 25.6 Å². The standard InChI is InChI=1S/C20H22ClN5O3S/c1-20(9-11(10-28)8-14(20)29)26-17-15(16(21)24-19(25-17)22-6-7-27)18-23-12-4-2-3-5-13(12)30-18/h2-5,11,27-28H,6-10H2,1H3,(H2,22,24,25,26). The number of benzene rings is 1. The molecule has 2 aromatic heterocycles. The molecule has 1 aliphatic carbocycles. The minimum absolute atomic E-state index is 0.0106. The number of aromatic nitrogens is 3. The zero-order valence-corrected chi connectivity index (χ0v) is 17.9. The van der Waals surface area contributed by atoms with Gasteiger partial charge in [0.25, 0.3) is 0 Å². The van der Waals surface area contributed by atoms with Gasteiger partial charge in [0, 0.05) is 19.6 Å². The number of Topliss-reactive ketones (excluding diaryl/α,β-unsaturated/α-hetero) is 1. The van der Waals surface area contributed by atoms with E-state index in [0.717, 1.165) is 10.2 Å². The number of ketones is 1. The summed E-state index contributed by atoms with van der Waals surface area (Å²) in [5.41, 5.74) is 0.476. The van der Waals surface area contributed by atoms with Gasteiger partial charge in [-0.3, -0.25) is 4.79 Å². The Balaban J connectivity index is 1.80. The van der Waals surface area contributed by atoms with Gasteiger partial charge in [-0.2, -0.15) is 4.98 Å². The maximum absolute atomic E-state index is 12.7. The molecule has 2 atom stereocenters. The van der Waals surface area contributed by atoms with Gasteiger partial charge in [0.1, 0.15) is 16.0 Å². The minimum Gasteiger partial charge on any atom is -0.396 e. The van der Waals surface area contributed by atoms with E-state index in [9.17, 15) is 9.90 Å². The molecule has 1 fully saturated rings. The number of rotatable bonds is 7. The molecule has 8 nitrogen and oxygen atoms in total. The van der Waals surface area contributed by atoms with E-state index in [1.165, 1.54) is 11.3 Å². The molecule has 4 rings (SSSR count). The predicted molar refractivity (Wildman–Crippen MR) is 118 cm³/mol. The first kappa shape index (κ1) is 20.9. The lowest BCUT2D eigenvalue weighted by molar-refractivity contribution is -0.120. The molecule has 158 valence electrons. The molecular weight excluding hydrogens is 426 g/mol. The van der Waals surface area contributed by atoms with Crippen LogP contribution in [0, 0.1) is 5.92 Å². The predicted octanol–water partition coefficient (Wildman–Crippen LogP) is 2.95. The van der Waals surface area contributed by atoms with Crippen LogP contribution in [0.4, 0.5) is 11.8 Å². The fourth-order valence-corrected chi connectivity index (χ4v) is 5.03. The largest absolute Gasteiger partial charge is 0.396 e. The van der Waals surface area contributed by atoms with Gasteiger partial charge in [-0.1, -0.05) is 23.7 Å². The molecular formula is C20H22ClN5O3S. The number of carbonyl (C=O) groups is 1. The fourth-order valence-electron chi connectivity index (χ4n) is 3.70. The van der Waals surface area contributed by atoms with E-state index in [-0.39, 0.29) is 42.6 Å². The normalized spacial score (nSPS) is 21.3. The number of anilines is 2. The molecule has 0 amide bonds. The van der Waals surface area contributed by atoms with Crippen molar-refractivity contribution < 1.29 is 15.0 Å². The van der Waals surface area contributed by atoms with E-state index in [4.69, 9.17) is 16.7 Å². The Hall–Kier alpha value is -2.33. The maximum atomic E-state index is 12.7. The van der Waals surface area contributed by atoms with E-state index < -0.39 is 5.54 Å². The highest BCUT2D eigenvalue weighted by Crippen LogP contribution is 2.41. The minimum atomic E-state index is -0.884. The summed E-state index contributed by atoms with van der Waals surface area (Å²) in [5, 5.41) is 25.6. The first-order valence-electron chi connectivity index (χ1n) is 9.64. The van der Waals surface area contributed by atoms with Crippen molar-refractivity contribution in [1.82, 2.24) is 15.0 Å². The average molecular weight is 448 g/mol. The van der Waals surface area contributed by atoms with Crippen LogP contribution in [0.3, 0.4) is 0 Å². The molecule has 2 unspecified atom stereocenters. The summed E-state index contributed by atoms with van der Waals surface area (Å²) in [6.45, 7) is 1.95. The number of fused-ring (bicyclic) bond motifs is 1. The summed E-state index contributed by atoms with van der Waals surface area (Å²) in [6.07, 6.45) is 0.799. The summed E-state index contributed by atoms with van der Waals surface area (Å²) in [5.74, 6) is 0.555. The Kier molecular flexibility index (Phi) is 5.88. The number of aliphatic hydroxyl groups excluding tert-OH is 2. The number of halogens is 1. The number of aliphatic hydroxyl groups is 2. The van der Waals surface area contributed by atoms with Crippen LogP contribution in [-0.4, -0.2) is 56.2 Å². The van der Waals surface area contributed by atoms with Gasteiger partial charge in [0.2, 0.25) is 5.95 Å². The van der Waals surface area contributed by atoms with E-state index >= 15 is 0 Å². The number of hydrogen-bond acceptors (Lipinski definition) is 9. The quantitative estimate of drug-likeness (QED) is 0.408. The third-order valence-electron chi connectivity index (χ3n) is 5.21. The van der Waals surface area contributed by atoms with Crippen LogP contribution in [0.15, 0.2) is 24.3 Å². The maximum Gasteiger partial charge on any atom is 0.226 e. The van der Waals surface area contributed by atoms with Crippen LogP contribution in [0.25, 0.3) is 20.8 Å². The van der Waals surface area contributed by atoms with Gasteiger partial charge in [-0.15, -0.1) is 11.3 Å². The highest BCUT2D eigenvalue weighted by atomic mass is 35.5. The zero-order chi connectivity index (χ0) is 21.3. The lowest BCUT2D eigenvalue weighted by Gasteiger charge is -2.26. The number of carbonyl (C=O) groups excluding carboxylic acids is 1. The summed E-state index contributed by atoms with van der Waals surface area (Å²) in [4.78, 5) is 26.2. The third kappa shape index (κ3) is 3.98. The summed E-state index contributed by atoms with van der Waals surface area (Å²) in [7, 11) is 0. The molecule has 2 heterocycles. The summed E-state index contributed by atoms with van der Waals surface area (Å²) in [6, 6.07) is 7.75.